The number of benzene rings is 1. The second-order valence-electron chi connectivity index (χ2n) is 4.50. The molecule has 90 valence electrons. The van der Waals surface area contributed by atoms with Crippen LogP contribution >= 0.6 is 0 Å². The van der Waals surface area contributed by atoms with Crippen LogP contribution in [0.2, 0.25) is 0 Å². The van der Waals surface area contributed by atoms with Crippen molar-refractivity contribution in [3.63, 3.8) is 0 Å². The molecule has 0 amide bonds. The van der Waals surface area contributed by atoms with Crippen LogP contribution in [0.1, 0.15) is 30.4 Å². The van der Waals surface area contributed by atoms with Gasteiger partial charge >= 0.3 is 0 Å². The fourth-order valence-corrected chi connectivity index (χ4v) is 1.95. The van der Waals surface area contributed by atoms with E-state index in [1.165, 1.54) is 0 Å². The van der Waals surface area contributed by atoms with E-state index in [1.54, 1.807) is 6.07 Å². The summed E-state index contributed by atoms with van der Waals surface area (Å²) in [6.07, 6.45) is 0.840. The molecular formula is C13H21FN2. The monoisotopic (exact) mass is 224 g/mol. The zero-order valence-corrected chi connectivity index (χ0v) is 10.0. The third-order valence-corrected chi connectivity index (χ3v) is 3.04. The molecule has 0 aliphatic rings. The molecule has 0 fully saturated rings. The zero-order chi connectivity index (χ0) is 12.1. The van der Waals surface area contributed by atoms with Crippen LogP contribution in [0.15, 0.2) is 18.2 Å². The van der Waals surface area contributed by atoms with Crippen molar-refractivity contribution in [2.24, 2.45) is 17.4 Å². The molecule has 2 nitrogen and oxygen atoms in total. The average Bonchev–Trinajstić information content (AvgIpc) is 2.25. The van der Waals surface area contributed by atoms with E-state index in [9.17, 15) is 4.39 Å². The van der Waals surface area contributed by atoms with Crippen LogP contribution in [0.4, 0.5) is 4.39 Å². The number of aryl methyl sites for hydroxylation is 1. The lowest BCUT2D eigenvalue weighted by molar-refractivity contribution is 0.454. The summed E-state index contributed by atoms with van der Waals surface area (Å²) < 4.78 is 13.7. The van der Waals surface area contributed by atoms with Crippen molar-refractivity contribution in [1.82, 2.24) is 0 Å². The topological polar surface area (TPSA) is 52.0 Å². The Kier molecular flexibility index (Phi) is 4.90. The van der Waals surface area contributed by atoms with Crippen molar-refractivity contribution < 1.29 is 4.39 Å². The Labute approximate surface area is 96.8 Å². The van der Waals surface area contributed by atoms with Gasteiger partial charge in [-0.15, -0.1) is 0 Å². The molecule has 0 spiro atoms. The van der Waals surface area contributed by atoms with Gasteiger partial charge in [-0.3, -0.25) is 0 Å². The first kappa shape index (κ1) is 13.1. The lowest BCUT2D eigenvalue weighted by Crippen LogP contribution is -2.24. The second kappa shape index (κ2) is 5.97. The van der Waals surface area contributed by atoms with Crippen molar-refractivity contribution in [1.29, 1.82) is 0 Å². The molecule has 0 aromatic heterocycles. The molecule has 4 N–H and O–H groups in total. The van der Waals surface area contributed by atoms with Gasteiger partial charge in [0.05, 0.1) is 0 Å². The van der Waals surface area contributed by atoms with Crippen molar-refractivity contribution in [3.8, 4) is 0 Å². The predicted octanol–water partition coefficient (Wildman–Crippen LogP) is 2.16. The highest BCUT2D eigenvalue weighted by molar-refractivity contribution is 5.26. The molecule has 1 aromatic rings. The average molecular weight is 224 g/mol. The van der Waals surface area contributed by atoms with Crippen LogP contribution in [-0.4, -0.2) is 13.1 Å². The Morgan fingerprint density at radius 1 is 1.25 bits per heavy atom. The summed E-state index contributed by atoms with van der Waals surface area (Å²) >= 11 is 0. The molecule has 1 rings (SSSR count). The normalized spacial score (nSPS) is 13.1. The highest BCUT2D eigenvalue weighted by atomic mass is 19.1. The van der Waals surface area contributed by atoms with E-state index in [1.807, 2.05) is 26.0 Å². The minimum Gasteiger partial charge on any atom is -0.330 e. The SMILES string of the molecule is Cc1ccc(C(C)CC(CN)CN)c(F)c1. The Hall–Kier alpha value is -0.930. The Bertz CT molecular complexity index is 335. The molecule has 0 aliphatic carbocycles. The third kappa shape index (κ3) is 3.29. The van der Waals surface area contributed by atoms with Gasteiger partial charge in [0.25, 0.3) is 0 Å². The maximum Gasteiger partial charge on any atom is 0.126 e. The minimum atomic E-state index is -0.125. The van der Waals surface area contributed by atoms with Crippen LogP contribution in [-0.2, 0) is 0 Å². The molecule has 0 radical (unpaired) electrons. The molecule has 1 atom stereocenters. The highest BCUT2D eigenvalue weighted by Crippen LogP contribution is 2.25. The number of hydrogen-bond acceptors (Lipinski definition) is 2. The smallest absolute Gasteiger partial charge is 0.126 e. The van der Waals surface area contributed by atoms with Crippen molar-refractivity contribution in [3.05, 3.63) is 35.1 Å². The van der Waals surface area contributed by atoms with E-state index < -0.39 is 0 Å². The lowest BCUT2D eigenvalue weighted by Gasteiger charge is -2.19. The Morgan fingerprint density at radius 3 is 2.38 bits per heavy atom. The third-order valence-electron chi connectivity index (χ3n) is 3.04. The van der Waals surface area contributed by atoms with Gasteiger partial charge in [-0.05, 0) is 55.5 Å². The van der Waals surface area contributed by atoms with Crippen molar-refractivity contribution in [2.75, 3.05) is 13.1 Å². The molecule has 16 heavy (non-hydrogen) atoms. The van der Waals surface area contributed by atoms with Gasteiger partial charge in [0.15, 0.2) is 0 Å². The van der Waals surface area contributed by atoms with E-state index in [4.69, 9.17) is 11.5 Å². The van der Waals surface area contributed by atoms with E-state index in [-0.39, 0.29) is 17.7 Å². The van der Waals surface area contributed by atoms with E-state index >= 15 is 0 Å². The van der Waals surface area contributed by atoms with E-state index in [0.717, 1.165) is 17.5 Å². The maximum atomic E-state index is 13.7. The van der Waals surface area contributed by atoms with Gasteiger partial charge in [0.1, 0.15) is 5.82 Å². The molecule has 0 saturated heterocycles. The molecular weight excluding hydrogens is 203 g/mol. The Balaban J connectivity index is 2.76. The largest absolute Gasteiger partial charge is 0.330 e. The summed E-state index contributed by atoms with van der Waals surface area (Å²) in [7, 11) is 0. The molecule has 0 aliphatic heterocycles. The van der Waals surface area contributed by atoms with Crippen LogP contribution in [0, 0.1) is 18.7 Å². The fourth-order valence-electron chi connectivity index (χ4n) is 1.95. The quantitative estimate of drug-likeness (QED) is 0.805. The van der Waals surface area contributed by atoms with E-state index in [0.29, 0.717) is 13.1 Å². The predicted molar refractivity (Wildman–Crippen MR) is 65.8 cm³/mol. The fraction of sp³-hybridized carbons (Fsp3) is 0.538. The number of halogens is 1. The zero-order valence-electron chi connectivity index (χ0n) is 10.0. The van der Waals surface area contributed by atoms with Gasteiger partial charge in [0, 0.05) is 0 Å². The number of hydrogen-bond donors (Lipinski definition) is 2. The summed E-state index contributed by atoms with van der Waals surface area (Å²) in [5.74, 6) is 0.314. The molecule has 0 bridgehead atoms. The number of nitrogens with two attached hydrogens (primary N) is 2. The second-order valence-corrected chi connectivity index (χ2v) is 4.50. The lowest BCUT2D eigenvalue weighted by atomic mass is 9.89. The minimum absolute atomic E-state index is 0.125. The first-order valence-corrected chi connectivity index (χ1v) is 5.74. The van der Waals surface area contributed by atoms with Crippen molar-refractivity contribution >= 4 is 0 Å². The summed E-state index contributed by atoms with van der Waals surface area (Å²) in [4.78, 5) is 0. The standard InChI is InChI=1S/C13H21FN2/c1-9-3-4-12(13(14)5-9)10(2)6-11(7-15)8-16/h3-5,10-11H,6-8,15-16H2,1-2H3. The first-order chi connectivity index (χ1) is 7.58. The van der Waals surface area contributed by atoms with Gasteiger partial charge in [-0.2, -0.15) is 0 Å². The van der Waals surface area contributed by atoms with Crippen LogP contribution in [0.25, 0.3) is 0 Å². The van der Waals surface area contributed by atoms with Crippen LogP contribution < -0.4 is 11.5 Å². The Morgan fingerprint density at radius 2 is 1.88 bits per heavy atom. The molecule has 1 unspecified atom stereocenters. The van der Waals surface area contributed by atoms with Gasteiger partial charge in [0.2, 0.25) is 0 Å². The molecule has 1 aromatic carbocycles. The van der Waals surface area contributed by atoms with Gasteiger partial charge in [-0.25, -0.2) is 4.39 Å². The summed E-state index contributed by atoms with van der Waals surface area (Å²) in [5, 5.41) is 0. The van der Waals surface area contributed by atoms with Crippen LogP contribution in [0.5, 0.6) is 0 Å². The summed E-state index contributed by atoms with van der Waals surface area (Å²) in [5.41, 5.74) is 12.9. The molecule has 3 heteroatoms. The van der Waals surface area contributed by atoms with Gasteiger partial charge in [-0.1, -0.05) is 19.1 Å². The van der Waals surface area contributed by atoms with Crippen LogP contribution in [0.3, 0.4) is 0 Å². The maximum absolute atomic E-state index is 13.7. The molecule has 0 saturated carbocycles. The number of rotatable bonds is 5. The molecule has 0 heterocycles. The summed E-state index contributed by atoms with van der Waals surface area (Å²) in [6, 6.07) is 5.37. The van der Waals surface area contributed by atoms with Crippen molar-refractivity contribution in [2.45, 2.75) is 26.2 Å². The van der Waals surface area contributed by atoms with E-state index in [2.05, 4.69) is 0 Å². The van der Waals surface area contributed by atoms with Gasteiger partial charge < -0.3 is 11.5 Å². The summed E-state index contributed by atoms with van der Waals surface area (Å²) in [6.45, 7) is 5.04. The first-order valence-electron chi connectivity index (χ1n) is 5.74. The highest BCUT2D eigenvalue weighted by Gasteiger charge is 2.15.